The molecule has 1 aromatic carbocycles. The molecule has 2 aromatic rings. The summed E-state index contributed by atoms with van der Waals surface area (Å²) in [6.07, 6.45) is 0. The number of nitrogens with zero attached hydrogens (tertiary/aromatic N) is 1. The maximum atomic E-state index is 3.22. The smallest absolute Gasteiger partial charge is 0.0296 e. The van der Waals surface area contributed by atoms with Crippen LogP contribution < -0.4 is 5.32 Å². The quantitative estimate of drug-likeness (QED) is 0.871. The normalized spacial score (nSPS) is 11.2. The lowest BCUT2D eigenvalue weighted by atomic mass is 10.1. The van der Waals surface area contributed by atoms with Gasteiger partial charge in [0.2, 0.25) is 0 Å². The van der Waals surface area contributed by atoms with Crippen LogP contribution in [0.15, 0.2) is 30.3 Å². The van der Waals surface area contributed by atoms with Crippen molar-refractivity contribution in [2.24, 2.45) is 0 Å². The van der Waals surface area contributed by atoms with Crippen molar-refractivity contribution in [2.45, 2.75) is 33.5 Å². The van der Waals surface area contributed by atoms with Gasteiger partial charge in [0.25, 0.3) is 0 Å². The van der Waals surface area contributed by atoms with E-state index in [1.165, 1.54) is 26.4 Å². The van der Waals surface area contributed by atoms with Crippen LogP contribution >= 0.6 is 11.3 Å². The number of benzene rings is 1. The molecule has 0 bridgehead atoms. The van der Waals surface area contributed by atoms with Crippen LogP contribution in [0.3, 0.4) is 0 Å². The second-order valence-corrected chi connectivity index (χ2v) is 6.76. The van der Waals surface area contributed by atoms with Crippen molar-refractivity contribution in [3.05, 3.63) is 56.8 Å². The highest BCUT2D eigenvalue weighted by atomic mass is 32.1. The molecule has 0 aliphatic rings. The number of hydrogen-bond donors (Lipinski definition) is 1. The number of thiophene rings is 1. The zero-order chi connectivity index (χ0) is 14.5. The van der Waals surface area contributed by atoms with E-state index in [9.17, 15) is 0 Å². The largest absolute Gasteiger partial charge is 0.315 e. The molecule has 0 radical (unpaired) electrons. The van der Waals surface area contributed by atoms with Gasteiger partial charge in [-0.25, -0.2) is 0 Å². The molecule has 1 heterocycles. The molecule has 0 saturated heterocycles. The van der Waals surface area contributed by atoms with Crippen LogP contribution in [0.4, 0.5) is 0 Å². The summed E-state index contributed by atoms with van der Waals surface area (Å²) >= 11 is 1.90. The minimum Gasteiger partial charge on any atom is -0.315 e. The molecule has 0 fully saturated rings. The van der Waals surface area contributed by atoms with Crippen molar-refractivity contribution in [3.63, 3.8) is 0 Å². The number of rotatable bonds is 6. The van der Waals surface area contributed by atoms with Crippen LogP contribution in [-0.4, -0.2) is 19.0 Å². The molecule has 108 valence electrons. The summed E-state index contributed by atoms with van der Waals surface area (Å²) in [6, 6.07) is 11.0. The molecule has 0 unspecified atom stereocenters. The lowest BCUT2D eigenvalue weighted by molar-refractivity contribution is 0.318. The van der Waals surface area contributed by atoms with E-state index in [1.54, 1.807) is 0 Å². The molecule has 0 atom stereocenters. The Kier molecular flexibility index (Phi) is 5.35. The SMILES string of the molecule is CNCc1cc(CN(C)Cc2ccccc2C)c(C)s1. The standard InChI is InChI=1S/C17H24N2S/c1-13-7-5-6-8-15(13)11-19(4)12-16-9-17(10-18-3)20-14(16)2/h5-9,18H,10-12H2,1-4H3. The van der Waals surface area contributed by atoms with E-state index in [4.69, 9.17) is 0 Å². The van der Waals surface area contributed by atoms with Gasteiger partial charge in [0.1, 0.15) is 0 Å². The first-order valence-corrected chi connectivity index (χ1v) is 7.87. The monoisotopic (exact) mass is 288 g/mol. The van der Waals surface area contributed by atoms with E-state index in [2.05, 4.69) is 61.4 Å². The zero-order valence-corrected chi connectivity index (χ0v) is 13.7. The fourth-order valence-electron chi connectivity index (χ4n) is 2.43. The van der Waals surface area contributed by atoms with Crippen molar-refractivity contribution in [2.75, 3.05) is 14.1 Å². The van der Waals surface area contributed by atoms with Gasteiger partial charge >= 0.3 is 0 Å². The lowest BCUT2D eigenvalue weighted by Gasteiger charge is -2.18. The molecule has 1 aromatic heterocycles. The molecular formula is C17H24N2S. The Labute approximate surface area is 126 Å². The second kappa shape index (κ2) is 7.02. The van der Waals surface area contributed by atoms with E-state index in [-0.39, 0.29) is 0 Å². The maximum absolute atomic E-state index is 3.22. The summed E-state index contributed by atoms with van der Waals surface area (Å²) in [6.45, 7) is 7.39. The first-order chi connectivity index (χ1) is 9.60. The summed E-state index contributed by atoms with van der Waals surface area (Å²) < 4.78 is 0. The molecule has 0 saturated carbocycles. The molecule has 1 N–H and O–H groups in total. The van der Waals surface area contributed by atoms with Crippen molar-refractivity contribution in [1.29, 1.82) is 0 Å². The summed E-state index contributed by atoms with van der Waals surface area (Å²) in [5.74, 6) is 0. The Morgan fingerprint density at radius 1 is 1.10 bits per heavy atom. The molecule has 2 nitrogen and oxygen atoms in total. The van der Waals surface area contributed by atoms with Gasteiger partial charge in [-0.3, -0.25) is 4.90 Å². The van der Waals surface area contributed by atoms with E-state index in [0.717, 1.165) is 19.6 Å². The summed E-state index contributed by atoms with van der Waals surface area (Å²) in [4.78, 5) is 5.25. The fraction of sp³-hybridized carbons (Fsp3) is 0.412. The maximum Gasteiger partial charge on any atom is 0.0296 e. The molecule has 3 heteroatoms. The van der Waals surface area contributed by atoms with Crippen LogP contribution in [-0.2, 0) is 19.6 Å². The third-order valence-electron chi connectivity index (χ3n) is 3.56. The molecule has 20 heavy (non-hydrogen) atoms. The van der Waals surface area contributed by atoms with Gasteiger partial charge < -0.3 is 5.32 Å². The van der Waals surface area contributed by atoms with Gasteiger partial charge in [-0.15, -0.1) is 11.3 Å². The predicted molar refractivity (Wildman–Crippen MR) is 88.2 cm³/mol. The predicted octanol–water partition coefficient (Wildman–Crippen LogP) is 3.72. The van der Waals surface area contributed by atoms with E-state index in [0.29, 0.717) is 0 Å². The van der Waals surface area contributed by atoms with Gasteiger partial charge in [0.05, 0.1) is 0 Å². The second-order valence-electron chi connectivity index (χ2n) is 5.42. The van der Waals surface area contributed by atoms with Crippen LogP contribution in [0.25, 0.3) is 0 Å². The third-order valence-corrected chi connectivity index (χ3v) is 4.66. The Balaban J connectivity index is 2.01. The third kappa shape index (κ3) is 3.92. The zero-order valence-electron chi connectivity index (χ0n) is 12.9. The molecule has 0 aliphatic carbocycles. The molecule has 0 spiro atoms. The van der Waals surface area contributed by atoms with Crippen molar-refractivity contribution >= 4 is 11.3 Å². The Morgan fingerprint density at radius 3 is 2.50 bits per heavy atom. The van der Waals surface area contributed by atoms with E-state index >= 15 is 0 Å². The Bertz CT molecular complexity index is 560. The van der Waals surface area contributed by atoms with Crippen LogP contribution in [0, 0.1) is 13.8 Å². The van der Waals surface area contributed by atoms with Gasteiger partial charge in [0, 0.05) is 29.4 Å². The van der Waals surface area contributed by atoms with Crippen molar-refractivity contribution in [1.82, 2.24) is 10.2 Å². The summed E-state index contributed by atoms with van der Waals surface area (Å²) in [5, 5.41) is 3.22. The number of aryl methyl sites for hydroxylation is 2. The van der Waals surface area contributed by atoms with Gasteiger partial charge in [-0.2, -0.15) is 0 Å². The average Bonchev–Trinajstić information content (AvgIpc) is 2.73. The lowest BCUT2D eigenvalue weighted by Crippen LogP contribution is -2.17. The number of nitrogens with one attached hydrogen (secondary N) is 1. The van der Waals surface area contributed by atoms with E-state index in [1.807, 2.05) is 18.4 Å². The van der Waals surface area contributed by atoms with E-state index < -0.39 is 0 Å². The van der Waals surface area contributed by atoms with Crippen molar-refractivity contribution < 1.29 is 0 Å². The van der Waals surface area contributed by atoms with Crippen LogP contribution in [0.2, 0.25) is 0 Å². The van der Waals surface area contributed by atoms with Gasteiger partial charge in [-0.1, -0.05) is 24.3 Å². The first kappa shape index (κ1) is 15.2. The topological polar surface area (TPSA) is 15.3 Å². The fourth-order valence-corrected chi connectivity index (χ4v) is 3.50. The number of hydrogen-bond acceptors (Lipinski definition) is 3. The average molecular weight is 288 g/mol. The van der Waals surface area contributed by atoms with Gasteiger partial charge in [0.15, 0.2) is 0 Å². The summed E-state index contributed by atoms with van der Waals surface area (Å²) in [7, 11) is 4.19. The van der Waals surface area contributed by atoms with Crippen LogP contribution in [0.1, 0.15) is 26.4 Å². The summed E-state index contributed by atoms with van der Waals surface area (Å²) in [5.41, 5.74) is 4.24. The Hall–Kier alpha value is -1.16. The van der Waals surface area contributed by atoms with Gasteiger partial charge in [-0.05, 0) is 50.7 Å². The van der Waals surface area contributed by atoms with Crippen molar-refractivity contribution in [3.8, 4) is 0 Å². The minimum atomic E-state index is 0.965. The highest BCUT2D eigenvalue weighted by Crippen LogP contribution is 2.23. The highest BCUT2D eigenvalue weighted by Gasteiger charge is 2.09. The molecule has 0 amide bonds. The van der Waals surface area contributed by atoms with Crippen LogP contribution in [0.5, 0.6) is 0 Å². The minimum absolute atomic E-state index is 0.965. The molecule has 2 rings (SSSR count). The first-order valence-electron chi connectivity index (χ1n) is 7.06. The highest BCUT2D eigenvalue weighted by molar-refractivity contribution is 7.12. The molecular weight excluding hydrogens is 264 g/mol. The molecule has 0 aliphatic heterocycles. The Morgan fingerprint density at radius 2 is 1.80 bits per heavy atom.